The van der Waals surface area contributed by atoms with Crippen LogP contribution in [0.15, 0.2) is 5.10 Å². The van der Waals surface area contributed by atoms with Crippen molar-refractivity contribution in [2.45, 2.75) is 26.2 Å². The summed E-state index contributed by atoms with van der Waals surface area (Å²) in [6, 6.07) is -0.594. The molecule has 62 valence electrons. The average molecular weight is 155 g/mol. The molecule has 4 heteroatoms. The van der Waals surface area contributed by atoms with Gasteiger partial charge in [-0.05, 0) is 25.7 Å². The molecule has 0 unspecified atom stereocenters. The number of hydrogen-bond donors (Lipinski definition) is 2. The Kier molecular flexibility index (Phi) is 2.46. The number of primary amides is 1. The number of carbonyl (C=O) groups is 1. The van der Waals surface area contributed by atoms with E-state index in [0.717, 1.165) is 5.71 Å². The molecule has 0 heterocycles. The monoisotopic (exact) mass is 155 g/mol. The largest absolute Gasteiger partial charge is 0.350 e. The van der Waals surface area contributed by atoms with Crippen LogP contribution in [0.1, 0.15) is 26.2 Å². The maximum Gasteiger partial charge on any atom is 0.332 e. The number of nitrogens with two attached hydrogens (primary N) is 1. The van der Waals surface area contributed by atoms with Gasteiger partial charge in [-0.2, -0.15) is 5.10 Å². The lowest BCUT2D eigenvalue weighted by Crippen LogP contribution is -2.28. The predicted molar refractivity (Wildman–Crippen MR) is 43.2 cm³/mol. The maximum absolute atomic E-state index is 10.2. The molecule has 1 saturated carbocycles. The van der Waals surface area contributed by atoms with Crippen LogP contribution in [0.3, 0.4) is 0 Å². The SMILES string of the molecule is C/C(=N\NC(N)=O)C1CCC1. The van der Waals surface area contributed by atoms with E-state index in [-0.39, 0.29) is 0 Å². The second-order valence-corrected chi connectivity index (χ2v) is 2.86. The van der Waals surface area contributed by atoms with Crippen LogP contribution < -0.4 is 11.2 Å². The summed E-state index contributed by atoms with van der Waals surface area (Å²) in [5.74, 6) is 0.571. The van der Waals surface area contributed by atoms with Gasteiger partial charge in [0.15, 0.2) is 0 Å². The summed E-state index contributed by atoms with van der Waals surface area (Å²) < 4.78 is 0. The minimum atomic E-state index is -0.594. The van der Waals surface area contributed by atoms with Crippen LogP contribution in [-0.2, 0) is 0 Å². The van der Waals surface area contributed by atoms with Gasteiger partial charge in [0.25, 0.3) is 0 Å². The maximum atomic E-state index is 10.2. The van der Waals surface area contributed by atoms with Crippen LogP contribution in [0.5, 0.6) is 0 Å². The number of hydrogen-bond acceptors (Lipinski definition) is 2. The van der Waals surface area contributed by atoms with E-state index in [4.69, 9.17) is 5.73 Å². The zero-order chi connectivity index (χ0) is 8.27. The van der Waals surface area contributed by atoms with E-state index in [2.05, 4.69) is 10.5 Å². The second-order valence-electron chi connectivity index (χ2n) is 2.86. The Hall–Kier alpha value is -1.06. The Balaban J connectivity index is 2.32. The van der Waals surface area contributed by atoms with Crippen molar-refractivity contribution >= 4 is 11.7 Å². The lowest BCUT2D eigenvalue weighted by atomic mass is 9.82. The fourth-order valence-electron chi connectivity index (χ4n) is 1.06. The third-order valence-electron chi connectivity index (χ3n) is 2.04. The molecule has 2 amide bonds. The number of amides is 2. The predicted octanol–water partition coefficient (Wildman–Crippen LogP) is 0.831. The molecule has 11 heavy (non-hydrogen) atoms. The van der Waals surface area contributed by atoms with E-state index < -0.39 is 6.03 Å². The van der Waals surface area contributed by atoms with Crippen molar-refractivity contribution in [1.82, 2.24) is 5.43 Å². The van der Waals surface area contributed by atoms with Crippen LogP contribution in [-0.4, -0.2) is 11.7 Å². The first-order valence-corrected chi connectivity index (χ1v) is 3.80. The van der Waals surface area contributed by atoms with Gasteiger partial charge >= 0.3 is 6.03 Å². The van der Waals surface area contributed by atoms with Gasteiger partial charge in [-0.3, -0.25) is 0 Å². The number of urea groups is 1. The molecule has 3 N–H and O–H groups in total. The van der Waals surface area contributed by atoms with Crippen molar-refractivity contribution in [3.05, 3.63) is 0 Å². The van der Waals surface area contributed by atoms with Gasteiger partial charge in [0.05, 0.1) is 0 Å². The first-order chi connectivity index (χ1) is 5.20. The molecule has 1 aliphatic carbocycles. The molecule has 4 nitrogen and oxygen atoms in total. The molecule has 0 saturated heterocycles. The molecule has 0 aliphatic heterocycles. The first-order valence-electron chi connectivity index (χ1n) is 3.80. The van der Waals surface area contributed by atoms with E-state index in [1.54, 1.807) is 0 Å². The van der Waals surface area contributed by atoms with Gasteiger partial charge in [-0.1, -0.05) is 6.42 Å². The molecule has 1 aliphatic rings. The van der Waals surface area contributed by atoms with Gasteiger partial charge in [-0.15, -0.1) is 0 Å². The van der Waals surface area contributed by atoms with Gasteiger partial charge in [-0.25, -0.2) is 10.2 Å². The average Bonchev–Trinajstić information content (AvgIpc) is 1.79. The van der Waals surface area contributed by atoms with E-state index in [9.17, 15) is 4.79 Å². The van der Waals surface area contributed by atoms with Gasteiger partial charge < -0.3 is 5.73 Å². The third-order valence-corrected chi connectivity index (χ3v) is 2.04. The lowest BCUT2D eigenvalue weighted by Gasteiger charge is -2.24. The summed E-state index contributed by atoms with van der Waals surface area (Å²) in [6.07, 6.45) is 3.65. The molecule has 0 radical (unpaired) electrons. The van der Waals surface area contributed by atoms with Gasteiger partial charge in [0.1, 0.15) is 0 Å². The molecule has 0 aromatic carbocycles. The molecule has 0 atom stereocenters. The third kappa shape index (κ3) is 2.22. The molecule has 0 bridgehead atoms. The number of nitrogens with zero attached hydrogens (tertiary/aromatic N) is 1. The van der Waals surface area contributed by atoms with Crippen LogP contribution in [0.25, 0.3) is 0 Å². The topological polar surface area (TPSA) is 67.5 Å². The van der Waals surface area contributed by atoms with E-state index >= 15 is 0 Å². The van der Waals surface area contributed by atoms with Crippen molar-refractivity contribution in [3.8, 4) is 0 Å². The molecule has 0 aromatic rings. The van der Waals surface area contributed by atoms with Crippen LogP contribution >= 0.6 is 0 Å². The molecule has 1 fully saturated rings. The zero-order valence-electron chi connectivity index (χ0n) is 6.63. The summed E-state index contributed by atoms with van der Waals surface area (Å²) in [5.41, 5.74) is 8.05. The fraction of sp³-hybridized carbons (Fsp3) is 0.714. The summed E-state index contributed by atoms with van der Waals surface area (Å²) in [7, 11) is 0. The van der Waals surface area contributed by atoms with Crippen LogP contribution in [0, 0.1) is 5.92 Å². The number of nitrogens with one attached hydrogen (secondary N) is 1. The summed E-state index contributed by atoms with van der Waals surface area (Å²) >= 11 is 0. The van der Waals surface area contributed by atoms with Gasteiger partial charge in [0.2, 0.25) is 0 Å². The Morgan fingerprint density at radius 3 is 2.64 bits per heavy atom. The van der Waals surface area contributed by atoms with E-state index in [1.807, 2.05) is 6.92 Å². The fourth-order valence-corrected chi connectivity index (χ4v) is 1.06. The number of rotatable bonds is 2. The Morgan fingerprint density at radius 1 is 1.64 bits per heavy atom. The smallest absolute Gasteiger partial charge is 0.332 e. The van der Waals surface area contributed by atoms with Crippen LogP contribution in [0.4, 0.5) is 4.79 Å². The van der Waals surface area contributed by atoms with Crippen molar-refractivity contribution in [2.75, 3.05) is 0 Å². The molecular formula is C7H13N3O. The zero-order valence-corrected chi connectivity index (χ0v) is 6.63. The van der Waals surface area contributed by atoms with Crippen molar-refractivity contribution < 1.29 is 4.79 Å². The highest BCUT2D eigenvalue weighted by atomic mass is 16.2. The summed E-state index contributed by atoms with van der Waals surface area (Å²) in [6.45, 7) is 1.92. The lowest BCUT2D eigenvalue weighted by molar-refractivity contribution is 0.249. The van der Waals surface area contributed by atoms with Crippen molar-refractivity contribution in [2.24, 2.45) is 16.8 Å². The van der Waals surface area contributed by atoms with Crippen LogP contribution in [0.2, 0.25) is 0 Å². The Morgan fingerprint density at radius 2 is 2.27 bits per heavy atom. The molecule has 0 aromatic heterocycles. The summed E-state index contributed by atoms with van der Waals surface area (Å²) in [4.78, 5) is 10.2. The van der Waals surface area contributed by atoms with Gasteiger partial charge in [0, 0.05) is 5.71 Å². The number of carbonyl (C=O) groups excluding carboxylic acids is 1. The standard InChI is InChI=1S/C7H13N3O/c1-5(6-3-2-4-6)9-10-7(8)11/h6H,2-4H2,1H3,(H3,8,10,11)/b9-5+. The first kappa shape index (κ1) is 8.04. The minimum absolute atomic E-state index is 0.571. The molecular weight excluding hydrogens is 142 g/mol. The quantitative estimate of drug-likeness (QED) is 0.450. The minimum Gasteiger partial charge on any atom is -0.350 e. The van der Waals surface area contributed by atoms with Crippen molar-refractivity contribution in [1.29, 1.82) is 0 Å². The normalized spacial score (nSPS) is 19.2. The second kappa shape index (κ2) is 3.37. The highest BCUT2D eigenvalue weighted by molar-refractivity contribution is 5.86. The Bertz CT molecular complexity index is 184. The molecule has 0 spiro atoms. The summed E-state index contributed by atoms with van der Waals surface area (Å²) in [5, 5.41) is 3.84. The van der Waals surface area contributed by atoms with Crippen molar-refractivity contribution in [3.63, 3.8) is 0 Å². The number of hydrazone groups is 1. The van der Waals surface area contributed by atoms with E-state index in [0.29, 0.717) is 5.92 Å². The Labute approximate surface area is 65.8 Å². The molecule has 1 rings (SSSR count). The van der Waals surface area contributed by atoms with E-state index in [1.165, 1.54) is 19.3 Å². The highest BCUT2D eigenvalue weighted by Gasteiger charge is 2.20. The highest BCUT2D eigenvalue weighted by Crippen LogP contribution is 2.27.